The van der Waals surface area contributed by atoms with Gasteiger partial charge in [0.2, 0.25) is 0 Å². The normalized spacial score (nSPS) is 48.7. The van der Waals surface area contributed by atoms with Gasteiger partial charge in [-0.05, 0) is 111 Å². The molecule has 2 nitrogen and oxygen atoms in total. The molecule has 0 bridgehead atoms. The number of unbranched alkanes of at least 4 members (excludes halogenated alkanes) is 1. The fraction of sp³-hybridized carbons (Fsp3) is 1.00. The second-order valence-electron chi connectivity index (χ2n) is 10.6. The van der Waals surface area contributed by atoms with E-state index >= 15 is 0 Å². The van der Waals surface area contributed by atoms with Crippen LogP contribution in [0.3, 0.4) is 0 Å². The van der Waals surface area contributed by atoms with Crippen molar-refractivity contribution in [3.05, 3.63) is 0 Å². The van der Waals surface area contributed by atoms with Crippen LogP contribution in [0.25, 0.3) is 0 Å². The molecule has 4 aliphatic carbocycles. The lowest BCUT2D eigenvalue weighted by atomic mass is 9.44. The molecular formula is C25H46O2. The van der Waals surface area contributed by atoms with E-state index in [1.165, 1.54) is 57.8 Å². The summed E-state index contributed by atoms with van der Waals surface area (Å²) in [5.41, 5.74) is 1.09. The monoisotopic (exact) mass is 378 g/mol. The van der Waals surface area contributed by atoms with Crippen molar-refractivity contribution in [3.8, 4) is 0 Å². The van der Waals surface area contributed by atoms with E-state index in [0.29, 0.717) is 17.4 Å². The molecule has 8 unspecified atom stereocenters. The molecule has 27 heavy (non-hydrogen) atoms. The molecule has 0 saturated heterocycles. The number of rotatable bonds is 4. The lowest BCUT2D eigenvalue weighted by Crippen LogP contribution is -2.53. The Morgan fingerprint density at radius 3 is 2.26 bits per heavy atom. The summed E-state index contributed by atoms with van der Waals surface area (Å²) in [6, 6.07) is 0. The van der Waals surface area contributed by atoms with Crippen LogP contribution in [-0.4, -0.2) is 22.9 Å². The van der Waals surface area contributed by atoms with Crippen LogP contribution in [0.1, 0.15) is 105 Å². The number of fused-ring (bicyclic) bond motifs is 5. The van der Waals surface area contributed by atoms with E-state index in [2.05, 4.69) is 13.8 Å². The maximum Gasteiger partial charge on any atom is 0.0543 e. The first-order chi connectivity index (χ1) is 13.0. The molecule has 158 valence electrons. The molecule has 0 radical (unpaired) electrons. The molecule has 2 heteroatoms. The molecule has 8 atom stereocenters. The second kappa shape index (κ2) is 8.74. The minimum absolute atomic E-state index is 0.0223. The minimum atomic E-state index is -0.0223. The lowest BCUT2D eigenvalue weighted by Gasteiger charge is -2.61. The third kappa shape index (κ3) is 3.75. The van der Waals surface area contributed by atoms with Gasteiger partial charge in [-0.3, -0.25) is 0 Å². The Kier molecular flexibility index (Phi) is 7.00. The van der Waals surface area contributed by atoms with Crippen molar-refractivity contribution in [3.63, 3.8) is 0 Å². The third-order valence-electron chi connectivity index (χ3n) is 9.80. The number of hydrogen-bond acceptors (Lipinski definition) is 2. The molecule has 0 aromatic heterocycles. The van der Waals surface area contributed by atoms with Gasteiger partial charge in [-0.2, -0.15) is 0 Å². The highest BCUT2D eigenvalue weighted by Gasteiger charge is 2.59. The number of hydrogen-bond donors (Lipinski definition) is 2. The molecule has 0 aromatic rings. The molecule has 0 aromatic carbocycles. The third-order valence-corrected chi connectivity index (χ3v) is 9.80. The Hall–Kier alpha value is -0.0800. The van der Waals surface area contributed by atoms with Gasteiger partial charge < -0.3 is 10.2 Å². The van der Waals surface area contributed by atoms with Crippen LogP contribution in [0, 0.1) is 40.4 Å². The minimum Gasteiger partial charge on any atom is -0.396 e. The Morgan fingerprint density at radius 2 is 1.52 bits per heavy atom. The van der Waals surface area contributed by atoms with Crippen molar-refractivity contribution in [2.45, 2.75) is 111 Å². The van der Waals surface area contributed by atoms with Gasteiger partial charge in [-0.1, -0.05) is 34.1 Å². The van der Waals surface area contributed by atoms with Crippen LogP contribution < -0.4 is 0 Å². The van der Waals surface area contributed by atoms with Crippen molar-refractivity contribution in [2.24, 2.45) is 40.4 Å². The lowest BCUT2D eigenvalue weighted by molar-refractivity contribution is -0.127. The van der Waals surface area contributed by atoms with E-state index in [4.69, 9.17) is 5.11 Å². The molecule has 2 N–H and O–H groups in total. The zero-order chi connectivity index (χ0) is 19.7. The van der Waals surface area contributed by atoms with Gasteiger partial charge >= 0.3 is 0 Å². The summed E-state index contributed by atoms with van der Waals surface area (Å²) in [5.74, 6) is 4.52. The second-order valence-corrected chi connectivity index (χ2v) is 10.6. The first kappa shape index (κ1) is 21.6. The fourth-order valence-electron chi connectivity index (χ4n) is 8.32. The molecule has 4 fully saturated rings. The zero-order valence-corrected chi connectivity index (χ0v) is 18.6. The molecule has 0 aliphatic heterocycles. The maximum atomic E-state index is 10.2. The SMILES string of the molecule is CC.CC12CCC3C(CCC4CC(O)CCC43C)C1CCC2CCCCO. The number of aliphatic hydroxyl groups excluding tert-OH is 2. The summed E-state index contributed by atoms with van der Waals surface area (Å²) in [7, 11) is 0. The summed E-state index contributed by atoms with van der Waals surface area (Å²) >= 11 is 0. The first-order valence-corrected chi connectivity index (χ1v) is 12.3. The molecule has 0 spiro atoms. The van der Waals surface area contributed by atoms with Crippen molar-refractivity contribution in [1.29, 1.82) is 0 Å². The molecule has 0 amide bonds. The molecule has 4 rings (SSSR count). The van der Waals surface area contributed by atoms with Gasteiger partial charge in [-0.25, -0.2) is 0 Å². The summed E-state index contributed by atoms with van der Waals surface area (Å²) in [6.45, 7) is 9.59. The Morgan fingerprint density at radius 1 is 0.815 bits per heavy atom. The molecule has 0 heterocycles. The zero-order valence-electron chi connectivity index (χ0n) is 18.6. The fourth-order valence-corrected chi connectivity index (χ4v) is 8.32. The van der Waals surface area contributed by atoms with E-state index in [9.17, 15) is 5.11 Å². The van der Waals surface area contributed by atoms with E-state index in [1.807, 2.05) is 13.8 Å². The Balaban J connectivity index is 0.00000102. The van der Waals surface area contributed by atoms with Gasteiger partial charge in [0.05, 0.1) is 6.10 Å². The smallest absolute Gasteiger partial charge is 0.0543 e. The topological polar surface area (TPSA) is 40.5 Å². The van der Waals surface area contributed by atoms with Crippen molar-refractivity contribution >= 4 is 0 Å². The first-order valence-electron chi connectivity index (χ1n) is 12.3. The average molecular weight is 379 g/mol. The summed E-state index contributed by atoms with van der Waals surface area (Å²) in [5, 5.41) is 19.3. The largest absolute Gasteiger partial charge is 0.396 e. The van der Waals surface area contributed by atoms with Gasteiger partial charge in [-0.15, -0.1) is 0 Å². The molecular weight excluding hydrogens is 332 g/mol. The predicted octanol–water partition coefficient (Wildman–Crippen LogP) is 6.20. The van der Waals surface area contributed by atoms with Crippen LogP contribution in [-0.2, 0) is 0 Å². The quantitative estimate of drug-likeness (QED) is 0.572. The molecule has 4 aliphatic rings. The number of aliphatic hydroxyl groups is 2. The highest BCUT2D eigenvalue weighted by atomic mass is 16.3. The summed E-state index contributed by atoms with van der Waals surface area (Å²) in [4.78, 5) is 0. The summed E-state index contributed by atoms with van der Waals surface area (Å²) < 4.78 is 0. The van der Waals surface area contributed by atoms with Crippen molar-refractivity contribution in [2.75, 3.05) is 6.61 Å². The van der Waals surface area contributed by atoms with Crippen LogP contribution >= 0.6 is 0 Å². The van der Waals surface area contributed by atoms with E-state index < -0.39 is 0 Å². The highest BCUT2D eigenvalue weighted by molar-refractivity contribution is 5.09. The molecule has 4 saturated carbocycles. The van der Waals surface area contributed by atoms with Crippen LogP contribution in [0.15, 0.2) is 0 Å². The van der Waals surface area contributed by atoms with Crippen molar-refractivity contribution < 1.29 is 10.2 Å². The maximum absolute atomic E-state index is 10.2. The van der Waals surface area contributed by atoms with E-state index in [-0.39, 0.29) is 6.10 Å². The predicted molar refractivity (Wildman–Crippen MR) is 114 cm³/mol. The Bertz CT molecular complexity index is 477. The highest BCUT2D eigenvalue weighted by Crippen LogP contribution is 2.67. The standard InChI is InChI=1S/C23H40O2.C2H6/c1-22-13-11-21-19(20(22)9-7-16(22)5-3-4-14-24)8-6-17-15-18(25)10-12-23(17,21)2;1-2/h16-21,24-25H,3-15H2,1-2H3;1-2H3. The van der Waals surface area contributed by atoms with Gasteiger partial charge in [0.1, 0.15) is 0 Å². The van der Waals surface area contributed by atoms with E-state index in [1.54, 1.807) is 0 Å². The van der Waals surface area contributed by atoms with Crippen LogP contribution in [0.5, 0.6) is 0 Å². The van der Waals surface area contributed by atoms with Crippen LogP contribution in [0.2, 0.25) is 0 Å². The van der Waals surface area contributed by atoms with Crippen LogP contribution in [0.4, 0.5) is 0 Å². The van der Waals surface area contributed by atoms with E-state index in [0.717, 1.165) is 48.9 Å². The van der Waals surface area contributed by atoms with Gasteiger partial charge in [0.25, 0.3) is 0 Å². The van der Waals surface area contributed by atoms with Gasteiger partial charge in [0, 0.05) is 6.61 Å². The average Bonchev–Trinajstić information content (AvgIpc) is 3.01. The summed E-state index contributed by atoms with van der Waals surface area (Å²) in [6.07, 6.45) is 15.5. The van der Waals surface area contributed by atoms with Gasteiger partial charge in [0.15, 0.2) is 0 Å². The van der Waals surface area contributed by atoms with Crippen molar-refractivity contribution in [1.82, 2.24) is 0 Å². The Labute approximate surface area is 168 Å².